The van der Waals surface area contributed by atoms with Crippen molar-refractivity contribution in [3.63, 3.8) is 0 Å². The van der Waals surface area contributed by atoms with Crippen LogP contribution in [0.25, 0.3) is 0 Å². The van der Waals surface area contributed by atoms with Crippen molar-refractivity contribution in [3.05, 3.63) is 30.1 Å². The Hall–Kier alpha value is -2.53. The lowest BCUT2D eigenvalue weighted by atomic mass is 10.1. The second kappa shape index (κ2) is 8.46. The first-order valence-electron chi connectivity index (χ1n) is 9.31. The van der Waals surface area contributed by atoms with E-state index < -0.39 is 33.8 Å². The van der Waals surface area contributed by atoms with E-state index in [1.54, 1.807) is 0 Å². The van der Waals surface area contributed by atoms with Crippen LogP contribution in [-0.4, -0.2) is 73.6 Å². The summed E-state index contributed by atoms with van der Waals surface area (Å²) >= 11 is 0. The van der Waals surface area contributed by atoms with Gasteiger partial charge in [0.2, 0.25) is 27.7 Å². The van der Waals surface area contributed by atoms with Gasteiger partial charge in [-0.25, -0.2) is 12.8 Å². The van der Waals surface area contributed by atoms with Crippen LogP contribution in [0.5, 0.6) is 0 Å². The molecule has 2 saturated heterocycles. The zero-order valence-electron chi connectivity index (χ0n) is 15.9. The first-order chi connectivity index (χ1) is 13.7. The van der Waals surface area contributed by atoms with E-state index in [1.165, 1.54) is 11.8 Å². The highest BCUT2D eigenvalue weighted by Crippen LogP contribution is 2.21. The lowest BCUT2D eigenvalue weighted by molar-refractivity contribution is -0.142. The van der Waals surface area contributed by atoms with Gasteiger partial charge in [0.05, 0.1) is 4.90 Å². The fraction of sp³-hybridized carbons (Fsp3) is 0.500. The molecule has 0 aromatic heterocycles. The van der Waals surface area contributed by atoms with Gasteiger partial charge in [-0.1, -0.05) is 0 Å². The number of piperidine rings is 1. The molecule has 2 aliphatic heterocycles. The molecule has 3 rings (SSSR count). The Morgan fingerprint density at radius 1 is 1.21 bits per heavy atom. The molecule has 1 aromatic carbocycles. The minimum Gasteiger partial charge on any atom is -0.354 e. The first-order valence-corrected chi connectivity index (χ1v) is 10.7. The van der Waals surface area contributed by atoms with Gasteiger partial charge in [-0.15, -0.1) is 0 Å². The summed E-state index contributed by atoms with van der Waals surface area (Å²) in [7, 11) is -3.97. The topological polar surface area (TPSA) is 116 Å². The molecule has 2 heterocycles. The average Bonchev–Trinajstić information content (AvgIpc) is 2.69. The number of carbonyl (C=O) groups excluding carboxylic acids is 3. The molecule has 3 amide bonds. The minimum atomic E-state index is -3.97. The summed E-state index contributed by atoms with van der Waals surface area (Å²) in [5.41, 5.74) is 0. The van der Waals surface area contributed by atoms with Crippen LogP contribution in [0.15, 0.2) is 29.2 Å². The Morgan fingerprint density at radius 2 is 1.90 bits per heavy atom. The number of nitrogens with zero attached hydrogens (tertiary/aromatic N) is 2. The second-order valence-electron chi connectivity index (χ2n) is 7.04. The van der Waals surface area contributed by atoms with Crippen molar-refractivity contribution in [1.29, 1.82) is 0 Å². The lowest BCUT2D eigenvalue weighted by Crippen LogP contribution is -2.63. The van der Waals surface area contributed by atoms with Crippen molar-refractivity contribution >= 4 is 27.7 Å². The van der Waals surface area contributed by atoms with Gasteiger partial charge in [0.25, 0.3) is 0 Å². The van der Waals surface area contributed by atoms with E-state index in [-0.39, 0.29) is 36.3 Å². The number of piperazine rings is 1. The Labute approximate surface area is 168 Å². The van der Waals surface area contributed by atoms with Gasteiger partial charge in [0.1, 0.15) is 17.9 Å². The number of carbonyl (C=O) groups is 3. The minimum absolute atomic E-state index is 0.00693. The molecule has 0 bridgehead atoms. The summed E-state index contributed by atoms with van der Waals surface area (Å²) in [5.74, 6) is -1.81. The van der Waals surface area contributed by atoms with E-state index in [9.17, 15) is 27.2 Å². The van der Waals surface area contributed by atoms with Crippen molar-refractivity contribution in [3.8, 4) is 0 Å². The molecule has 11 heteroatoms. The highest BCUT2D eigenvalue weighted by Gasteiger charge is 2.40. The van der Waals surface area contributed by atoms with Crippen molar-refractivity contribution in [2.45, 2.75) is 36.7 Å². The number of benzene rings is 1. The molecular formula is C18H23FN4O5S. The SMILES string of the molecule is CC(=O)N1CCN(S(=O)(=O)c2ccc(F)cc2)C[C@H]1C(=O)N[C@@H]1CCCNC1=O. The molecule has 0 saturated carbocycles. The molecule has 2 N–H and O–H groups in total. The highest BCUT2D eigenvalue weighted by atomic mass is 32.2. The summed E-state index contributed by atoms with van der Waals surface area (Å²) in [6.07, 6.45) is 1.19. The van der Waals surface area contributed by atoms with Gasteiger partial charge in [-0.2, -0.15) is 4.31 Å². The van der Waals surface area contributed by atoms with E-state index in [4.69, 9.17) is 0 Å². The number of rotatable bonds is 4. The van der Waals surface area contributed by atoms with Crippen molar-refractivity contribution in [1.82, 2.24) is 19.8 Å². The van der Waals surface area contributed by atoms with Crippen LogP contribution in [0.1, 0.15) is 19.8 Å². The Kier molecular flexibility index (Phi) is 6.18. The molecule has 0 radical (unpaired) electrons. The van der Waals surface area contributed by atoms with E-state index in [2.05, 4.69) is 10.6 Å². The maximum Gasteiger partial charge on any atom is 0.244 e. The summed E-state index contributed by atoms with van der Waals surface area (Å²) in [5, 5.41) is 5.29. The first kappa shape index (κ1) is 21.2. The van der Waals surface area contributed by atoms with Crippen LogP contribution in [0.4, 0.5) is 4.39 Å². The molecular weight excluding hydrogens is 403 g/mol. The summed E-state index contributed by atoms with van der Waals surface area (Å²) in [6.45, 7) is 1.63. The summed E-state index contributed by atoms with van der Waals surface area (Å²) in [4.78, 5) is 37.9. The highest BCUT2D eigenvalue weighted by molar-refractivity contribution is 7.89. The van der Waals surface area contributed by atoms with Gasteiger partial charge in [-0.3, -0.25) is 14.4 Å². The van der Waals surface area contributed by atoms with Crippen LogP contribution in [0.3, 0.4) is 0 Å². The molecule has 0 aliphatic carbocycles. The normalized spacial score (nSPS) is 23.4. The van der Waals surface area contributed by atoms with Gasteiger partial charge in [0, 0.05) is 33.1 Å². The lowest BCUT2D eigenvalue weighted by Gasteiger charge is -2.40. The predicted molar refractivity (Wildman–Crippen MR) is 101 cm³/mol. The van der Waals surface area contributed by atoms with Gasteiger partial charge >= 0.3 is 0 Å². The number of hydrogen-bond acceptors (Lipinski definition) is 5. The molecule has 9 nitrogen and oxygen atoms in total. The summed E-state index contributed by atoms with van der Waals surface area (Å²) in [6, 6.07) is 2.63. The van der Waals surface area contributed by atoms with Crippen molar-refractivity contribution in [2.24, 2.45) is 0 Å². The zero-order chi connectivity index (χ0) is 21.2. The van der Waals surface area contributed by atoms with Crippen LogP contribution < -0.4 is 10.6 Å². The van der Waals surface area contributed by atoms with Crippen molar-refractivity contribution < 1.29 is 27.2 Å². The number of nitrogens with one attached hydrogen (secondary N) is 2. The molecule has 29 heavy (non-hydrogen) atoms. The van der Waals surface area contributed by atoms with E-state index in [1.807, 2.05) is 0 Å². The molecule has 2 atom stereocenters. The standard InChI is InChI=1S/C18H23FN4O5S/c1-12(24)23-10-9-22(29(27,28)14-6-4-13(19)5-7-14)11-16(23)18(26)21-15-3-2-8-20-17(15)25/h4-7,15-16H,2-3,8-11H2,1H3,(H,20,25)(H,21,26)/t15-,16+/m1/s1. The molecule has 0 unspecified atom stereocenters. The van der Waals surface area contributed by atoms with Crippen LogP contribution >= 0.6 is 0 Å². The molecule has 158 valence electrons. The van der Waals surface area contributed by atoms with E-state index in [0.717, 1.165) is 28.6 Å². The quantitative estimate of drug-likeness (QED) is 0.670. The Bertz CT molecular complexity index is 905. The molecule has 2 aliphatic rings. The third kappa shape index (κ3) is 4.56. The third-order valence-electron chi connectivity index (χ3n) is 5.10. The average molecular weight is 426 g/mol. The van der Waals surface area contributed by atoms with Gasteiger partial charge in [-0.05, 0) is 37.1 Å². The summed E-state index contributed by atoms with van der Waals surface area (Å²) < 4.78 is 40.0. The number of amides is 3. The number of hydrogen-bond donors (Lipinski definition) is 2. The smallest absolute Gasteiger partial charge is 0.244 e. The number of sulfonamides is 1. The van der Waals surface area contributed by atoms with Crippen LogP contribution in [-0.2, 0) is 24.4 Å². The van der Waals surface area contributed by atoms with Gasteiger partial charge in [0.15, 0.2) is 0 Å². The largest absolute Gasteiger partial charge is 0.354 e. The number of halogens is 1. The zero-order valence-corrected chi connectivity index (χ0v) is 16.7. The van der Waals surface area contributed by atoms with E-state index in [0.29, 0.717) is 19.4 Å². The molecule has 1 aromatic rings. The second-order valence-corrected chi connectivity index (χ2v) is 8.98. The Balaban J connectivity index is 1.80. The monoisotopic (exact) mass is 426 g/mol. The maximum atomic E-state index is 13.1. The van der Waals surface area contributed by atoms with Crippen LogP contribution in [0, 0.1) is 5.82 Å². The fourth-order valence-electron chi connectivity index (χ4n) is 3.51. The van der Waals surface area contributed by atoms with Crippen LogP contribution in [0.2, 0.25) is 0 Å². The van der Waals surface area contributed by atoms with E-state index >= 15 is 0 Å². The fourth-order valence-corrected chi connectivity index (χ4v) is 4.95. The van der Waals surface area contributed by atoms with Gasteiger partial charge < -0.3 is 15.5 Å². The van der Waals surface area contributed by atoms with Crippen molar-refractivity contribution in [2.75, 3.05) is 26.2 Å². The maximum absolute atomic E-state index is 13.1. The third-order valence-corrected chi connectivity index (χ3v) is 6.98. The Morgan fingerprint density at radius 3 is 2.52 bits per heavy atom. The predicted octanol–water partition coefficient (Wildman–Crippen LogP) is -0.558. The molecule has 0 spiro atoms. The molecule has 2 fully saturated rings.